The lowest BCUT2D eigenvalue weighted by Gasteiger charge is -2.32. The SMILES string of the molecule is CCC(=O)NC1CCN(C(=O)CCc2ccccc2C)CC1. The lowest BCUT2D eigenvalue weighted by atomic mass is 10.0. The molecule has 2 rings (SSSR count). The Bertz CT molecular complexity index is 520. The fourth-order valence-electron chi connectivity index (χ4n) is 2.89. The summed E-state index contributed by atoms with van der Waals surface area (Å²) in [4.78, 5) is 25.6. The van der Waals surface area contributed by atoms with E-state index in [4.69, 9.17) is 0 Å². The van der Waals surface area contributed by atoms with Gasteiger partial charge in [0.1, 0.15) is 0 Å². The second-order valence-electron chi connectivity index (χ2n) is 6.00. The molecule has 0 radical (unpaired) electrons. The largest absolute Gasteiger partial charge is 0.353 e. The van der Waals surface area contributed by atoms with Gasteiger partial charge in [-0.1, -0.05) is 31.2 Å². The maximum Gasteiger partial charge on any atom is 0.222 e. The maximum atomic E-state index is 12.3. The van der Waals surface area contributed by atoms with Crippen molar-refractivity contribution in [2.24, 2.45) is 0 Å². The predicted octanol–water partition coefficient (Wildman–Crippen LogP) is 2.44. The van der Waals surface area contributed by atoms with Crippen molar-refractivity contribution in [3.05, 3.63) is 35.4 Å². The van der Waals surface area contributed by atoms with Gasteiger partial charge in [-0.2, -0.15) is 0 Å². The second-order valence-corrected chi connectivity index (χ2v) is 6.00. The zero-order valence-corrected chi connectivity index (χ0v) is 13.6. The Kier molecular flexibility index (Phi) is 5.99. The number of nitrogens with one attached hydrogen (secondary N) is 1. The Labute approximate surface area is 132 Å². The van der Waals surface area contributed by atoms with Crippen LogP contribution in [-0.4, -0.2) is 35.8 Å². The van der Waals surface area contributed by atoms with Gasteiger partial charge in [0.05, 0.1) is 0 Å². The molecule has 0 spiro atoms. The van der Waals surface area contributed by atoms with E-state index < -0.39 is 0 Å². The molecule has 0 atom stereocenters. The van der Waals surface area contributed by atoms with Crippen LogP contribution in [0.3, 0.4) is 0 Å². The molecule has 4 nitrogen and oxygen atoms in total. The first-order chi connectivity index (χ1) is 10.6. The van der Waals surface area contributed by atoms with Gasteiger partial charge in [0.25, 0.3) is 0 Å². The number of carbonyl (C=O) groups is 2. The molecule has 1 N–H and O–H groups in total. The third-order valence-electron chi connectivity index (χ3n) is 4.40. The third-order valence-corrected chi connectivity index (χ3v) is 4.40. The van der Waals surface area contributed by atoms with Crippen molar-refractivity contribution >= 4 is 11.8 Å². The highest BCUT2D eigenvalue weighted by Gasteiger charge is 2.23. The zero-order chi connectivity index (χ0) is 15.9. The van der Waals surface area contributed by atoms with Crippen molar-refractivity contribution in [2.75, 3.05) is 13.1 Å². The average Bonchev–Trinajstić information content (AvgIpc) is 2.54. The molecule has 0 aliphatic carbocycles. The first-order valence-corrected chi connectivity index (χ1v) is 8.21. The van der Waals surface area contributed by atoms with E-state index in [2.05, 4.69) is 24.4 Å². The van der Waals surface area contributed by atoms with Crippen LogP contribution in [0, 0.1) is 6.92 Å². The maximum absolute atomic E-state index is 12.3. The van der Waals surface area contributed by atoms with E-state index in [0.29, 0.717) is 12.8 Å². The molecule has 1 heterocycles. The van der Waals surface area contributed by atoms with Crippen molar-refractivity contribution in [3.63, 3.8) is 0 Å². The highest BCUT2D eigenvalue weighted by molar-refractivity contribution is 5.77. The molecule has 4 heteroatoms. The summed E-state index contributed by atoms with van der Waals surface area (Å²) < 4.78 is 0. The van der Waals surface area contributed by atoms with Gasteiger partial charge in [-0.25, -0.2) is 0 Å². The van der Waals surface area contributed by atoms with Gasteiger partial charge in [-0.05, 0) is 37.3 Å². The number of likely N-dealkylation sites (tertiary alicyclic amines) is 1. The number of piperidine rings is 1. The fourth-order valence-corrected chi connectivity index (χ4v) is 2.89. The van der Waals surface area contributed by atoms with Crippen LogP contribution in [0.2, 0.25) is 0 Å². The van der Waals surface area contributed by atoms with Gasteiger partial charge in [0, 0.05) is 32.0 Å². The zero-order valence-electron chi connectivity index (χ0n) is 13.6. The summed E-state index contributed by atoms with van der Waals surface area (Å²) in [6.07, 6.45) is 3.62. The minimum absolute atomic E-state index is 0.101. The summed E-state index contributed by atoms with van der Waals surface area (Å²) in [6.45, 7) is 5.45. The fraction of sp³-hybridized carbons (Fsp3) is 0.556. The smallest absolute Gasteiger partial charge is 0.222 e. The number of nitrogens with zero attached hydrogens (tertiary/aromatic N) is 1. The minimum Gasteiger partial charge on any atom is -0.353 e. The first kappa shape index (κ1) is 16.5. The molecule has 0 bridgehead atoms. The standard InChI is InChI=1S/C18H26N2O2/c1-3-17(21)19-16-10-12-20(13-11-16)18(22)9-8-15-7-5-4-6-14(15)2/h4-7,16H,3,8-13H2,1-2H3,(H,19,21). The normalized spacial score (nSPS) is 15.6. The molecule has 1 aliphatic rings. The number of rotatable bonds is 5. The Morgan fingerprint density at radius 3 is 2.55 bits per heavy atom. The van der Waals surface area contributed by atoms with Crippen molar-refractivity contribution in [3.8, 4) is 0 Å². The molecule has 1 aromatic carbocycles. The van der Waals surface area contributed by atoms with Gasteiger partial charge < -0.3 is 10.2 Å². The Morgan fingerprint density at radius 2 is 1.91 bits per heavy atom. The number of benzene rings is 1. The van der Waals surface area contributed by atoms with Crippen LogP contribution >= 0.6 is 0 Å². The number of carbonyl (C=O) groups excluding carboxylic acids is 2. The van der Waals surface area contributed by atoms with Gasteiger partial charge in [-0.15, -0.1) is 0 Å². The van der Waals surface area contributed by atoms with Crippen LogP contribution in [0.15, 0.2) is 24.3 Å². The highest BCUT2D eigenvalue weighted by atomic mass is 16.2. The molecule has 1 fully saturated rings. The quantitative estimate of drug-likeness (QED) is 0.908. The van der Waals surface area contributed by atoms with Crippen molar-refractivity contribution < 1.29 is 9.59 Å². The van der Waals surface area contributed by atoms with E-state index in [1.165, 1.54) is 11.1 Å². The van der Waals surface area contributed by atoms with Crippen molar-refractivity contribution in [1.29, 1.82) is 0 Å². The molecule has 120 valence electrons. The summed E-state index contributed by atoms with van der Waals surface area (Å²) in [5.74, 6) is 0.327. The predicted molar refractivity (Wildman–Crippen MR) is 87.5 cm³/mol. The molecule has 0 unspecified atom stereocenters. The molecular formula is C18H26N2O2. The van der Waals surface area contributed by atoms with Crippen molar-refractivity contribution in [2.45, 2.75) is 52.0 Å². The number of hydrogen-bond acceptors (Lipinski definition) is 2. The molecular weight excluding hydrogens is 276 g/mol. The summed E-state index contributed by atoms with van der Waals surface area (Å²) in [7, 11) is 0. The number of hydrogen-bond donors (Lipinski definition) is 1. The molecule has 2 amide bonds. The lowest BCUT2D eigenvalue weighted by Crippen LogP contribution is -2.46. The molecule has 1 aliphatic heterocycles. The van der Waals surface area contributed by atoms with E-state index in [0.717, 1.165) is 32.4 Å². The second kappa shape index (κ2) is 7.97. The number of aryl methyl sites for hydroxylation is 2. The van der Waals surface area contributed by atoms with Crippen LogP contribution in [0.5, 0.6) is 0 Å². The van der Waals surface area contributed by atoms with Crippen LogP contribution in [0.25, 0.3) is 0 Å². The summed E-state index contributed by atoms with van der Waals surface area (Å²) in [6, 6.07) is 8.45. The average molecular weight is 302 g/mol. The highest BCUT2D eigenvalue weighted by Crippen LogP contribution is 2.14. The Balaban J connectivity index is 1.76. The Hall–Kier alpha value is -1.84. The van der Waals surface area contributed by atoms with E-state index in [9.17, 15) is 9.59 Å². The Morgan fingerprint density at radius 1 is 1.23 bits per heavy atom. The molecule has 1 aromatic rings. The van der Waals surface area contributed by atoms with Gasteiger partial charge in [-0.3, -0.25) is 9.59 Å². The minimum atomic E-state index is 0.101. The van der Waals surface area contributed by atoms with E-state index in [1.54, 1.807) is 0 Å². The number of amides is 2. The molecule has 0 aromatic heterocycles. The molecule has 22 heavy (non-hydrogen) atoms. The van der Waals surface area contributed by atoms with E-state index in [1.807, 2.05) is 24.0 Å². The van der Waals surface area contributed by atoms with Gasteiger partial charge >= 0.3 is 0 Å². The van der Waals surface area contributed by atoms with Crippen LogP contribution in [0.1, 0.15) is 43.7 Å². The summed E-state index contributed by atoms with van der Waals surface area (Å²) >= 11 is 0. The molecule has 0 saturated carbocycles. The first-order valence-electron chi connectivity index (χ1n) is 8.21. The van der Waals surface area contributed by atoms with Crippen molar-refractivity contribution in [1.82, 2.24) is 10.2 Å². The van der Waals surface area contributed by atoms with Crippen LogP contribution in [-0.2, 0) is 16.0 Å². The van der Waals surface area contributed by atoms with Gasteiger partial charge in [0.2, 0.25) is 11.8 Å². The molecule has 1 saturated heterocycles. The van der Waals surface area contributed by atoms with Crippen LogP contribution in [0.4, 0.5) is 0 Å². The summed E-state index contributed by atoms with van der Waals surface area (Å²) in [5, 5.41) is 3.02. The van der Waals surface area contributed by atoms with Gasteiger partial charge in [0.15, 0.2) is 0 Å². The monoisotopic (exact) mass is 302 g/mol. The van der Waals surface area contributed by atoms with Crippen LogP contribution < -0.4 is 5.32 Å². The topological polar surface area (TPSA) is 49.4 Å². The lowest BCUT2D eigenvalue weighted by molar-refractivity contribution is -0.132. The third kappa shape index (κ3) is 4.58. The van der Waals surface area contributed by atoms with E-state index >= 15 is 0 Å². The summed E-state index contributed by atoms with van der Waals surface area (Å²) in [5.41, 5.74) is 2.50. The van der Waals surface area contributed by atoms with E-state index in [-0.39, 0.29) is 17.9 Å².